The highest BCUT2D eigenvalue weighted by atomic mass is 32.1. The Hall–Kier alpha value is -1.21. The van der Waals surface area contributed by atoms with Crippen LogP contribution in [0.3, 0.4) is 0 Å². The van der Waals surface area contributed by atoms with Crippen molar-refractivity contribution in [3.8, 4) is 0 Å². The van der Waals surface area contributed by atoms with E-state index in [0.717, 1.165) is 43.8 Å². The summed E-state index contributed by atoms with van der Waals surface area (Å²) in [4.78, 5) is 16.9. The van der Waals surface area contributed by atoms with Crippen molar-refractivity contribution >= 4 is 28.6 Å². The van der Waals surface area contributed by atoms with Gasteiger partial charge in [-0.2, -0.15) is 0 Å². The number of hydrogen-bond donors (Lipinski definition) is 1. The lowest BCUT2D eigenvalue weighted by atomic mass is 9.87. The van der Waals surface area contributed by atoms with Gasteiger partial charge in [0.05, 0.1) is 23.1 Å². The molecule has 6 heteroatoms. The summed E-state index contributed by atoms with van der Waals surface area (Å²) in [6.07, 6.45) is 3.06. The first kappa shape index (κ1) is 16.3. The van der Waals surface area contributed by atoms with Gasteiger partial charge < -0.3 is 10.1 Å². The van der Waals surface area contributed by atoms with Crippen LogP contribution in [0.2, 0.25) is 0 Å². The maximum atomic E-state index is 12.2. The summed E-state index contributed by atoms with van der Waals surface area (Å²) in [7, 11) is 0. The van der Waals surface area contributed by atoms with Gasteiger partial charge in [0.2, 0.25) is 0 Å². The number of ether oxygens (including phenoxy) is 1. The van der Waals surface area contributed by atoms with Crippen molar-refractivity contribution in [3.05, 3.63) is 44.8 Å². The molecule has 1 amide bonds. The molecule has 0 bridgehead atoms. The largest absolute Gasteiger partial charge is 0.373 e. The summed E-state index contributed by atoms with van der Waals surface area (Å²) in [5, 5.41) is 7.21. The second kappa shape index (κ2) is 6.96. The van der Waals surface area contributed by atoms with E-state index in [1.54, 1.807) is 0 Å². The molecular weight excluding hydrogens is 340 g/mol. The molecule has 0 unspecified atom stereocenters. The average Bonchev–Trinajstić information content (AvgIpc) is 3.33. The third kappa shape index (κ3) is 3.57. The number of rotatable bonds is 4. The van der Waals surface area contributed by atoms with Gasteiger partial charge in [0.25, 0.3) is 5.91 Å². The van der Waals surface area contributed by atoms with Gasteiger partial charge in [-0.05, 0) is 42.2 Å². The lowest BCUT2D eigenvalue weighted by Crippen LogP contribution is -2.44. The molecule has 0 radical (unpaired) electrons. The first-order valence-corrected chi connectivity index (χ1v) is 10.2. The Morgan fingerprint density at radius 2 is 2.04 bits per heavy atom. The Labute approximate surface area is 150 Å². The van der Waals surface area contributed by atoms with Gasteiger partial charge >= 0.3 is 0 Å². The summed E-state index contributed by atoms with van der Waals surface area (Å²) in [6, 6.07) is 8.25. The van der Waals surface area contributed by atoms with Crippen molar-refractivity contribution in [3.63, 3.8) is 0 Å². The molecule has 2 aromatic rings. The number of carbonyl (C=O) groups excluding carboxylic acids is 1. The minimum atomic E-state index is -0.0284. The smallest absolute Gasteiger partial charge is 0.261 e. The molecule has 24 heavy (non-hydrogen) atoms. The summed E-state index contributed by atoms with van der Waals surface area (Å²) in [6.45, 7) is 3.83. The van der Waals surface area contributed by atoms with Gasteiger partial charge in [-0.25, -0.2) is 0 Å². The topological polar surface area (TPSA) is 41.6 Å². The maximum absolute atomic E-state index is 12.2. The number of piperidine rings is 1. The van der Waals surface area contributed by atoms with E-state index in [2.05, 4.69) is 27.7 Å². The predicted molar refractivity (Wildman–Crippen MR) is 97.7 cm³/mol. The molecule has 2 aliphatic rings. The first-order chi connectivity index (χ1) is 11.7. The fraction of sp³-hybridized carbons (Fsp3) is 0.500. The van der Waals surface area contributed by atoms with Gasteiger partial charge in [-0.1, -0.05) is 12.1 Å². The van der Waals surface area contributed by atoms with E-state index in [9.17, 15) is 4.79 Å². The van der Waals surface area contributed by atoms with Gasteiger partial charge in [-0.3, -0.25) is 9.69 Å². The van der Waals surface area contributed by atoms with Crippen molar-refractivity contribution in [2.45, 2.75) is 37.5 Å². The van der Waals surface area contributed by atoms with Crippen molar-refractivity contribution < 1.29 is 9.53 Å². The van der Waals surface area contributed by atoms with E-state index in [1.807, 2.05) is 28.8 Å². The van der Waals surface area contributed by atoms with Gasteiger partial charge in [0.15, 0.2) is 0 Å². The molecule has 2 aliphatic heterocycles. The third-order valence-corrected chi connectivity index (χ3v) is 6.75. The fourth-order valence-electron chi connectivity index (χ4n) is 3.69. The predicted octanol–water partition coefficient (Wildman–Crippen LogP) is 3.36. The van der Waals surface area contributed by atoms with Gasteiger partial charge in [0, 0.05) is 24.5 Å². The molecule has 0 saturated carbocycles. The Bertz CT molecular complexity index is 661. The molecule has 128 valence electrons. The molecule has 1 spiro atoms. The molecule has 4 nitrogen and oxygen atoms in total. The van der Waals surface area contributed by atoms with E-state index in [1.165, 1.54) is 16.2 Å². The molecule has 2 fully saturated rings. The van der Waals surface area contributed by atoms with E-state index in [4.69, 9.17) is 4.74 Å². The number of nitrogens with one attached hydrogen (secondary N) is 1. The van der Waals surface area contributed by atoms with Crippen LogP contribution in [0.25, 0.3) is 0 Å². The quantitative estimate of drug-likeness (QED) is 0.907. The third-order valence-electron chi connectivity index (χ3n) is 5.02. The summed E-state index contributed by atoms with van der Waals surface area (Å²) < 4.78 is 6.16. The van der Waals surface area contributed by atoms with Crippen LogP contribution in [0, 0.1) is 0 Å². The van der Waals surface area contributed by atoms with Crippen LogP contribution in [0.15, 0.2) is 35.0 Å². The van der Waals surface area contributed by atoms with Crippen LogP contribution in [0.4, 0.5) is 0 Å². The van der Waals surface area contributed by atoms with Crippen molar-refractivity contribution in [1.29, 1.82) is 0 Å². The first-order valence-electron chi connectivity index (χ1n) is 8.46. The molecule has 1 atom stereocenters. The Morgan fingerprint density at radius 3 is 2.75 bits per heavy atom. The molecule has 2 saturated heterocycles. The van der Waals surface area contributed by atoms with Crippen LogP contribution in [-0.2, 0) is 11.3 Å². The number of likely N-dealkylation sites (tertiary alicyclic amines) is 1. The van der Waals surface area contributed by atoms with E-state index in [-0.39, 0.29) is 17.6 Å². The highest BCUT2D eigenvalue weighted by Gasteiger charge is 2.43. The van der Waals surface area contributed by atoms with E-state index in [0.29, 0.717) is 6.61 Å². The zero-order valence-corrected chi connectivity index (χ0v) is 15.2. The van der Waals surface area contributed by atoms with Crippen LogP contribution in [0.5, 0.6) is 0 Å². The standard InChI is InChI=1S/C18H22N2O2S2/c21-17(16-4-2-10-24-16)19-14-11-18(22-13-14)5-7-20(8-6-18)12-15-3-1-9-23-15/h1-4,9-10,14H,5-8,11-13H2,(H,19,21)/t14-/m0/s1. The minimum Gasteiger partial charge on any atom is -0.373 e. The number of hydrogen-bond acceptors (Lipinski definition) is 5. The average molecular weight is 363 g/mol. The molecule has 4 heterocycles. The molecule has 0 aromatic carbocycles. The monoisotopic (exact) mass is 362 g/mol. The minimum absolute atomic E-state index is 0.0284. The number of thiophene rings is 2. The van der Waals surface area contributed by atoms with Crippen molar-refractivity contribution in [2.75, 3.05) is 19.7 Å². The molecular formula is C18H22N2O2S2. The maximum Gasteiger partial charge on any atom is 0.261 e. The lowest BCUT2D eigenvalue weighted by Gasteiger charge is -2.38. The summed E-state index contributed by atoms with van der Waals surface area (Å²) in [5.41, 5.74) is -0.0284. The van der Waals surface area contributed by atoms with Crippen LogP contribution in [0.1, 0.15) is 33.8 Å². The Morgan fingerprint density at radius 1 is 1.25 bits per heavy atom. The van der Waals surface area contributed by atoms with Crippen LogP contribution >= 0.6 is 22.7 Å². The lowest BCUT2D eigenvalue weighted by molar-refractivity contribution is -0.0447. The molecule has 4 rings (SSSR count). The highest BCUT2D eigenvalue weighted by molar-refractivity contribution is 7.12. The second-order valence-corrected chi connectivity index (χ2v) is 8.68. The summed E-state index contributed by atoms with van der Waals surface area (Å²) in [5.74, 6) is 0.0331. The van der Waals surface area contributed by atoms with Crippen LogP contribution < -0.4 is 5.32 Å². The molecule has 0 aliphatic carbocycles. The Kier molecular flexibility index (Phi) is 4.72. The SMILES string of the molecule is O=C(N[C@@H]1COC2(CCN(Cc3cccs3)CC2)C1)c1cccs1. The zero-order chi connectivity index (χ0) is 16.4. The molecule has 2 aromatic heterocycles. The molecule has 1 N–H and O–H groups in total. The number of carbonyl (C=O) groups is 1. The second-order valence-electron chi connectivity index (χ2n) is 6.70. The number of nitrogens with zero attached hydrogens (tertiary/aromatic N) is 1. The highest BCUT2D eigenvalue weighted by Crippen LogP contribution is 2.36. The van der Waals surface area contributed by atoms with Crippen LogP contribution in [-0.4, -0.2) is 42.1 Å². The van der Waals surface area contributed by atoms with Gasteiger partial charge in [-0.15, -0.1) is 22.7 Å². The van der Waals surface area contributed by atoms with Crippen molar-refractivity contribution in [2.24, 2.45) is 0 Å². The number of amides is 1. The Balaban J connectivity index is 1.28. The fourth-order valence-corrected chi connectivity index (χ4v) is 5.06. The normalized spacial score (nSPS) is 23.6. The van der Waals surface area contributed by atoms with Crippen molar-refractivity contribution in [1.82, 2.24) is 10.2 Å². The van der Waals surface area contributed by atoms with E-state index >= 15 is 0 Å². The zero-order valence-electron chi connectivity index (χ0n) is 13.6. The summed E-state index contributed by atoms with van der Waals surface area (Å²) >= 11 is 3.31. The van der Waals surface area contributed by atoms with Gasteiger partial charge in [0.1, 0.15) is 0 Å². The van der Waals surface area contributed by atoms with E-state index < -0.39 is 0 Å².